The van der Waals surface area contributed by atoms with Gasteiger partial charge in [-0.3, -0.25) is 4.79 Å². The molecule has 0 spiro atoms. The number of carbonyl (C=O) groups excluding carboxylic acids is 1. The minimum absolute atomic E-state index is 0.0866. The molecule has 136 valence electrons. The normalized spacial score (nSPS) is 11.2. The average Bonchev–Trinajstić information content (AvgIpc) is 3.28. The van der Waals surface area contributed by atoms with E-state index < -0.39 is 0 Å². The molecule has 0 aliphatic heterocycles. The van der Waals surface area contributed by atoms with Crippen molar-refractivity contribution in [3.63, 3.8) is 0 Å². The molecule has 7 heteroatoms. The van der Waals surface area contributed by atoms with Crippen molar-refractivity contribution in [1.29, 1.82) is 0 Å². The summed E-state index contributed by atoms with van der Waals surface area (Å²) < 4.78 is 3.83. The number of hydrogen-bond donors (Lipinski definition) is 0. The minimum Gasteiger partial charge on any atom is -0.344 e. The van der Waals surface area contributed by atoms with E-state index in [1.54, 1.807) is 4.68 Å². The zero-order valence-electron chi connectivity index (χ0n) is 15.2. The van der Waals surface area contributed by atoms with Crippen molar-refractivity contribution in [2.45, 2.75) is 25.5 Å². The van der Waals surface area contributed by atoms with Crippen LogP contribution in [0.3, 0.4) is 0 Å². The van der Waals surface area contributed by atoms with Crippen molar-refractivity contribution in [3.8, 4) is 5.69 Å². The third-order valence-corrected chi connectivity index (χ3v) is 5.52. The van der Waals surface area contributed by atoms with Crippen LogP contribution in [0.15, 0.2) is 59.8 Å². The van der Waals surface area contributed by atoms with Gasteiger partial charge in [0.25, 0.3) is 0 Å². The van der Waals surface area contributed by atoms with E-state index in [4.69, 9.17) is 0 Å². The molecule has 0 radical (unpaired) electrons. The summed E-state index contributed by atoms with van der Waals surface area (Å²) in [6, 6.07) is 17.7. The second-order valence-electron chi connectivity index (χ2n) is 6.14. The Morgan fingerprint density at radius 1 is 1.07 bits per heavy atom. The van der Waals surface area contributed by atoms with Gasteiger partial charge in [0.1, 0.15) is 0 Å². The van der Waals surface area contributed by atoms with Crippen molar-refractivity contribution < 1.29 is 4.79 Å². The Bertz CT molecular complexity index is 1100. The first kappa shape index (κ1) is 17.5. The zero-order valence-corrected chi connectivity index (χ0v) is 16.0. The second-order valence-corrected chi connectivity index (χ2v) is 7.08. The lowest BCUT2D eigenvalue weighted by Crippen LogP contribution is -2.07. The van der Waals surface area contributed by atoms with E-state index in [0.29, 0.717) is 5.16 Å². The van der Waals surface area contributed by atoms with Gasteiger partial charge >= 0.3 is 0 Å². The van der Waals surface area contributed by atoms with Crippen LogP contribution >= 0.6 is 11.8 Å². The van der Waals surface area contributed by atoms with Crippen LogP contribution in [0.25, 0.3) is 16.6 Å². The van der Waals surface area contributed by atoms with Gasteiger partial charge in [-0.15, -0.1) is 5.10 Å². The highest BCUT2D eigenvalue weighted by Crippen LogP contribution is 2.28. The van der Waals surface area contributed by atoms with E-state index in [1.165, 1.54) is 11.8 Å². The molecule has 4 rings (SSSR count). The Morgan fingerprint density at radius 3 is 2.59 bits per heavy atom. The summed E-state index contributed by atoms with van der Waals surface area (Å²) in [7, 11) is 0. The maximum absolute atomic E-state index is 13.0. The molecule has 27 heavy (non-hydrogen) atoms. The van der Waals surface area contributed by atoms with Gasteiger partial charge in [-0.2, -0.15) is 4.68 Å². The molecular weight excluding hydrogens is 358 g/mol. The van der Waals surface area contributed by atoms with Gasteiger partial charge in [-0.25, -0.2) is 0 Å². The standard InChI is InChI=1S/C20H19N5OS/c1-3-24-14(2)19(16-11-7-8-12-17(16)24)18(26)13-27-20-21-22-23-25(20)15-9-5-4-6-10-15/h4-12H,3,13H2,1-2H3. The first-order valence-corrected chi connectivity index (χ1v) is 9.77. The molecule has 0 unspecified atom stereocenters. The summed E-state index contributed by atoms with van der Waals surface area (Å²) in [6.07, 6.45) is 0. The highest BCUT2D eigenvalue weighted by atomic mass is 32.2. The van der Waals surface area contributed by atoms with Crippen molar-refractivity contribution in [2.24, 2.45) is 0 Å². The molecule has 0 N–H and O–H groups in total. The first-order chi connectivity index (χ1) is 13.2. The molecule has 0 atom stereocenters. The molecule has 2 heterocycles. The molecule has 0 aliphatic rings. The van der Waals surface area contributed by atoms with Gasteiger partial charge in [0.05, 0.1) is 11.4 Å². The molecular formula is C20H19N5OS. The third-order valence-electron chi connectivity index (χ3n) is 4.60. The fourth-order valence-electron chi connectivity index (χ4n) is 3.39. The molecule has 0 fully saturated rings. The van der Waals surface area contributed by atoms with E-state index in [0.717, 1.165) is 34.4 Å². The number of carbonyl (C=O) groups is 1. The first-order valence-electron chi connectivity index (χ1n) is 8.78. The Kier molecular flexibility index (Phi) is 4.77. The summed E-state index contributed by atoms with van der Waals surface area (Å²) >= 11 is 1.35. The van der Waals surface area contributed by atoms with Gasteiger partial charge in [-0.1, -0.05) is 48.2 Å². The molecule has 2 aromatic heterocycles. The molecule has 6 nitrogen and oxygen atoms in total. The lowest BCUT2D eigenvalue weighted by Gasteiger charge is -2.05. The smallest absolute Gasteiger partial charge is 0.214 e. The van der Waals surface area contributed by atoms with Crippen molar-refractivity contribution in [2.75, 3.05) is 5.75 Å². The number of aryl methyl sites for hydroxylation is 1. The second kappa shape index (κ2) is 7.36. The predicted molar refractivity (Wildman–Crippen MR) is 107 cm³/mol. The highest BCUT2D eigenvalue weighted by molar-refractivity contribution is 7.99. The van der Waals surface area contributed by atoms with E-state index in [1.807, 2.05) is 55.5 Å². The number of tetrazole rings is 1. The number of fused-ring (bicyclic) bond motifs is 1. The van der Waals surface area contributed by atoms with Crippen LogP contribution < -0.4 is 0 Å². The molecule has 2 aromatic carbocycles. The fraction of sp³-hybridized carbons (Fsp3) is 0.200. The number of thioether (sulfide) groups is 1. The number of para-hydroxylation sites is 2. The SMILES string of the molecule is CCn1c(C)c(C(=O)CSc2nnnn2-c2ccccc2)c2ccccc21. The van der Waals surface area contributed by atoms with Crippen LogP contribution in [0.5, 0.6) is 0 Å². The van der Waals surface area contributed by atoms with Gasteiger partial charge < -0.3 is 4.57 Å². The van der Waals surface area contributed by atoms with Crippen molar-refractivity contribution in [3.05, 3.63) is 65.9 Å². The number of ketones is 1. The van der Waals surface area contributed by atoms with Crippen molar-refractivity contribution in [1.82, 2.24) is 24.8 Å². The zero-order chi connectivity index (χ0) is 18.8. The maximum Gasteiger partial charge on any atom is 0.214 e. The molecule has 0 saturated carbocycles. The number of hydrogen-bond acceptors (Lipinski definition) is 5. The third kappa shape index (κ3) is 3.14. The van der Waals surface area contributed by atoms with E-state index in [-0.39, 0.29) is 11.5 Å². The maximum atomic E-state index is 13.0. The summed E-state index contributed by atoms with van der Waals surface area (Å²) in [4.78, 5) is 13.0. The molecule has 0 aliphatic carbocycles. The number of Topliss-reactive ketones (excluding diaryl/α,β-unsaturated/α-hetero) is 1. The van der Waals surface area contributed by atoms with Crippen LogP contribution in [0, 0.1) is 6.92 Å². The van der Waals surface area contributed by atoms with E-state index in [9.17, 15) is 4.79 Å². The summed E-state index contributed by atoms with van der Waals surface area (Å²) in [6.45, 7) is 4.94. The van der Waals surface area contributed by atoms with Crippen LogP contribution in [0.2, 0.25) is 0 Å². The van der Waals surface area contributed by atoms with E-state index >= 15 is 0 Å². The van der Waals surface area contributed by atoms with Crippen LogP contribution in [-0.4, -0.2) is 36.3 Å². The predicted octanol–water partition coefficient (Wildman–Crippen LogP) is 3.92. The number of rotatable bonds is 6. The largest absolute Gasteiger partial charge is 0.344 e. The number of aromatic nitrogens is 5. The van der Waals surface area contributed by atoms with Gasteiger partial charge in [0.15, 0.2) is 5.78 Å². The topological polar surface area (TPSA) is 65.6 Å². The van der Waals surface area contributed by atoms with Gasteiger partial charge in [0.2, 0.25) is 5.16 Å². The van der Waals surface area contributed by atoms with Crippen LogP contribution in [-0.2, 0) is 6.54 Å². The molecule has 0 bridgehead atoms. The number of benzene rings is 2. The monoisotopic (exact) mass is 377 g/mol. The minimum atomic E-state index is 0.0866. The average molecular weight is 377 g/mol. The Morgan fingerprint density at radius 2 is 1.81 bits per heavy atom. The van der Waals surface area contributed by atoms with Gasteiger partial charge in [0, 0.05) is 28.7 Å². The van der Waals surface area contributed by atoms with Crippen molar-refractivity contribution >= 4 is 28.4 Å². The Balaban J connectivity index is 1.61. The van der Waals surface area contributed by atoms with Gasteiger partial charge in [-0.05, 0) is 42.5 Å². The molecule has 4 aromatic rings. The summed E-state index contributed by atoms with van der Waals surface area (Å²) in [5.74, 6) is 0.370. The Hall–Kier alpha value is -2.93. The number of nitrogens with zero attached hydrogens (tertiary/aromatic N) is 5. The lowest BCUT2D eigenvalue weighted by molar-refractivity contribution is 0.102. The van der Waals surface area contributed by atoms with E-state index in [2.05, 4.69) is 33.1 Å². The quantitative estimate of drug-likeness (QED) is 0.376. The summed E-state index contributed by atoms with van der Waals surface area (Å²) in [5, 5.41) is 13.5. The fourth-order valence-corrected chi connectivity index (χ4v) is 4.16. The molecule has 0 amide bonds. The molecule has 0 saturated heterocycles. The Labute approximate surface area is 161 Å². The summed E-state index contributed by atoms with van der Waals surface area (Å²) in [5.41, 5.74) is 3.77. The van der Waals surface area contributed by atoms with Crippen LogP contribution in [0.4, 0.5) is 0 Å². The lowest BCUT2D eigenvalue weighted by atomic mass is 10.1. The van der Waals surface area contributed by atoms with Crippen LogP contribution in [0.1, 0.15) is 23.0 Å². The highest BCUT2D eigenvalue weighted by Gasteiger charge is 2.20.